The van der Waals surface area contributed by atoms with Gasteiger partial charge in [0.05, 0.1) is 5.69 Å². The zero-order valence-electron chi connectivity index (χ0n) is 10.7. The van der Waals surface area contributed by atoms with Gasteiger partial charge in [-0.05, 0) is 19.5 Å². The Morgan fingerprint density at radius 3 is 2.89 bits per heavy atom. The maximum Gasteiger partial charge on any atom is 0.251 e. The maximum absolute atomic E-state index is 11.5. The van der Waals surface area contributed by atoms with Gasteiger partial charge in [0.15, 0.2) is 0 Å². The molecule has 0 fully saturated rings. The van der Waals surface area contributed by atoms with E-state index in [0.717, 1.165) is 11.3 Å². The molecule has 1 aromatic heterocycles. The Balaban J connectivity index is 2.26. The lowest BCUT2D eigenvalue weighted by Gasteiger charge is -2.05. The second kappa shape index (κ2) is 5.60. The number of nitrogens with zero attached hydrogens (tertiary/aromatic N) is 1. The third-order valence-electron chi connectivity index (χ3n) is 2.66. The minimum atomic E-state index is -0.0992. The minimum absolute atomic E-state index is 0.0992. The van der Waals surface area contributed by atoms with E-state index in [1.807, 2.05) is 19.2 Å². The van der Waals surface area contributed by atoms with Crippen molar-refractivity contribution in [2.45, 2.75) is 19.9 Å². The molecule has 0 radical (unpaired) electrons. The molecule has 0 amide bonds. The topological polar surface area (TPSA) is 57.8 Å². The van der Waals surface area contributed by atoms with E-state index in [9.17, 15) is 4.79 Å². The third kappa shape index (κ3) is 3.28. The van der Waals surface area contributed by atoms with Gasteiger partial charge in [-0.15, -0.1) is 0 Å². The van der Waals surface area contributed by atoms with Crippen LogP contribution in [-0.4, -0.2) is 17.0 Å². The van der Waals surface area contributed by atoms with Gasteiger partial charge in [-0.25, -0.2) is 4.98 Å². The number of aryl methyl sites for hydroxylation is 1. The SMILES string of the molecule is CNCc1cc(=O)[nH]c(Cc2cccc(C)c2)n1. The summed E-state index contributed by atoms with van der Waals surface area (Å²) >= 11 is 0. The highest BCUT2D eigenvalue weighted by molar-refractivity contribution is 5.25. The number of H-pyrrole nitrogens is 1. The van der Waals surface area contributed by atoms with Gasteiger partial charge in [-0.2, -0.15) is 0 Å². The minimum Gasteiger partial charge on any atom is -0.314 e. The second-order valence-corrected chi connectivity index (χ2v) is 4.38. The molecule has 0 aliphatic heterocycles. The van der Waals surface area contributed by atoms with Crippen molar-refractivity contribution in [3.8, 4) is 0 Å². The van der Waals surface area contributed by atoms with E-state index < -0.39 is 0 Å². The van der Waals surface area contributed by atoms with Gasteiger partial charge >= 0.3 is 0 Å². The average molecular weight is 243 g/mol. The molecule has 0 saturated carbocycles. The average Bonchev–Trinajstić information content (AvgIpc) is 2.28. The number of hydrogen-bond donors (Lipinski definition) is 2. The van der Waals surface area contributed by atoms with Crippen LogP contribution in [0.2, 0.25) is 0 Å². The quantitative estimate of drug-likeness (QED) is 0.853. The Kier molecular flexibility index (Phi) is 3.89. The number of aromatic amines is 1. The molecule has 0 bridgehead atoms. The Hall–Kier alpha value is -1.94. The Labute approximate surface area is 106 Å². The van der Waals surface area contributed by atoms with Crippen LogP contribution in [0.5, 0.6) is 0 Å². The summed E-state index contributed by atoms with van der Waals surface area (Å²) in [7, 11) is 1.84. The van der Waals surface area contributed by atoms with Crippen LogP contribution in [0.15, 0.2) is 35.1 Å². The molecule has 0 aliphatic rings. The molecule has 4 heteroatoms. The first-order valence-electron chi connectivity index (χ1n) is 5.96. The van der Waals surface area contributed by atoms with Gasteiger partial charge in [0, 0.05) is 19.0 Å². The van der Waals surface area contributed by atoms with Crippen molar-refractivity contribution in [2.75, 3.05) is 7.05 Å². The summed E-state index contributed by atoms with van der Waals surface area (Å²) in [5.41, 5.74) is 3.03. The molecule has 2 N–H and O–H groups in total. The third-order valence-corrected chi connectivity index (χ3v) is 2.66. The summed E-state index contributed by atoms with van der Waals surface area (Å²) in [6.07, 6.45) is 0.647. The van der Waals surface area contributed by atoms with Crippen molar-refractivity contribution in [3.05, 3.63) is 63.3 Å². The molecule has 0 aliphatic carbocycles. The fourth-order valence-electron chi connectivity index (χ4n) is 1.93. The highest BCUT2D eigenvalue weighted by Crippen LogP contribution is 2.07. The molecule has 4 nitrogen and oxygen atoms in total. The predicted octanol–water partition coefficient (Wildman–Crippen LogP) is 1.39. The number of aromatic nitrogens is 2. The van der Waals surface area contributed by atoms with E-state index >= 15 is 0 Å². The first-order valence-corrected chi connectivity index (χ1v) is 5.96. The van der Waals surface area contributed by atoms with Crippen LogP contribution in [0.3, 0.4) is 0 Å². The van der Waals surface area contributed by atoms with Crippen molar-refractivity contribution >= 4 is 0 Å². The Morgan fingerprint density at radius 1 is 1.33 bits per heavy atom. The summed E-state index contributed by atoms with van der Waals surface area (Å²) in [6.45, 7) is 2.65. The molecule has 2 rings (SSSR count). The lowest BCUT2D eigenvalue weighted by atomic mass is 10.1. The van der Waals surface area contributed by atoms with Crippen LogP contribution < -0.4 is 10.9 Å². The van der Waals surface area contributed by atoms with Crippen molar-refractivity contribution < 1.29 is 0 Å². The first kappa shape index (κ1) is 12.5. The molecule has 18 heavy (non-hydrogen) atoms. The van der Waals surface area contributed by atoms with E-state index in [2.05, 4.69) is 34.3 Å². The van der Waals surface area contributed by atoms with E-state index in [1.54, 1.807) is 0 Å². The Morgan fingerprint density at radius 2 is 2.17 bits per heavy atom. The van der Waals surface area contributed by atoms with Crippen molar-refractivity contribution in [3.63, 3.8) is 0 Å². The largest absolute Gasteiger partial charge is 0.314 e. The first-order chi connectivity index (χ1) is 8.67. The Bertz CT molecular complexity index is 590. The van der Waals surface area contributed by atoms with Crippen molar-refractivity contribution in [2.24, 2.45) is 0 Å². The summed E-state index contributed by atoms with van der Waals surface area (Å²) < 4.78 is 0. The molecule has 0 saturated heterocycles. The summed E-state index contributed by atoms with van der Waals surface area (Å²) in [5, 5.41) is 3.00. The zero-order valence-corrected chi connectivity index (χ0v) is 10.7. The standard InChI is InChI=1S/C14H17N3O/c1-10-4-3-5-11(6-10)7-13-16-12(9-15-2)8-14(18)17-13/h3-6,8,15H,7,9H2,1-2H3,(H,16,17,18). The van der Waals surface area contributed by atoms with E-state index in [4.69, 9.17) is 0 Å². The van der Waals surface area contributed by atoms with Gasteiger partial charge in [-0.3, -0.25) is 4.79 Å². The molecular weight excluding hydrogens is 226 g/mol. The predicted molar refractivity (Wildman–Crippen MR) is 71.6 cm³/mol. The van der Waals surface area contributed by atoms with Crippen LogP contribution >= 0.6 is 0 Å². The smallest absolute Gasteiger partial charge is 0.251 e. The highest BCUT2D eigenvalue weighted by Gasteiger charge is 2.02. The summed E-state index contributed by atoms with van der Waals surface area (Å²) in [5.74, 6) is 0.707. The highest BCUT2D eigenvalue weighted by atomic mass is 16.1. The second-order valence-electron chi connectivity index (χ2n) is 4.38. The summed E-state index contributed by atoms with van der Waals surface area (Å²) in [4.78, 5) is 18.7. The number of nitrogens with one attached hydrogen (secondary N) is 2. The van der Waals surface area contributed by atoms with Gasteiger partial charge < -0.3 is 10.3 Å². The lowest BCUT2D eigenvalue weighted by molar-refractivity contribution is 0.767. The monoisotopic (exact) mass is 243 g/mol. The normalized spacial score (nSPS) is 10.6. The van der Waals surface area contributed by atoms with Crippen LogP contribution in [0.1, 0.15) is 22.6 Å². The molecule has 2 aromatic rings. The fourth-order valence-corrected chi connectivity index (χ4v) is 1.93. The van der Waals surface area contributed by atoms with Crippen LogP contribution in [0.25, 0.3) is 0 Å². The van der Waals surface area contributed by atoms with Crippen LogP contribution in [0, 0.1) is 6.92 Å². The number of rotatable bonds is 4. The fraction of sp³-hybridized carbons (Fsp3) is 0.286. The van der Waals surface area contributed by atoms with E-state index in [1.165, 1.54) is 11.6 Å². The zero-order chi connectivity index (χ0) is 13.0. The van der Waals surface area contributed by atoms with Gasteiger partial charge in [0.25, 0.3) is 5.56 Å². The van der Waals surface area contributed by atoms with E-state index in [0.29, 0.717) is 18.8 Å². The number of benzene rings is 1. The maximum atomic E-state index is 11.5. The number of hydrogen-bond acceptors (Lipinski definition) is 3. The van der Waals surface area contributed by atoms with Gasteiger partial charge in [0.1, 0.15) is 5.82 Å². The lowest BCUT2D eigenvalue weighted by Crippen LogP contribution is -2.16. The molecule has 0 spiro atoms. The van der Waals surface area contributed by atoms with Gasteiger partial charge in [-0.1, -0.05) is 29.8 Å². The van der Waals surface area contributed by atoms with Crippen molar-refractivity contribution in [1.29, 1.82) is 0 Å². The molecule has 94 valence electrons. The molecule has 1 heterocycles. The van der Waals surface area contributed by atoms with Crippen LogP contribution in [0.4, 0.5) is 0 Å². The van der Waals surface area contributed by atoms with E-state index in [-0.39, 0.29) is 5.56 Å². The van der Waals surface area contributed by atoms with Crippen molar-refractivity contribution in [1.82, 2.24) is 15.3 Å². The van der Waals surface area contributed by atoms with Gasteiger partial charge in [0.2, 0.25) is 0 Å². The molecule has 0 atom stereocenters. The molecule has 1 aromatic carbocycles. The summed E-state index contributed by atoms with van der Waals surface area (Å²) in [6, 6.07) is 9.73. The van der Waals surface area contributed by atoms with Crippen LogP contribution in [-0.2, 0) is 13.0 Å². The molecule has 0 unspecified atom stereocenters. The molecular formula is C14H17N3O.